The number of thiophene rings is 1. The molecule has 0 amide bonds. The lowest BCUT2D eigenvalue weighted by Gasteiger charge is -2.16. The molecule has 1 atom stereocenters. The van der Waals surface area contributed by atoms with Crippen LogP contribution in [0.15, 0.2) is 34.1 Å². The maximum absolute atomic E-state index is 12.9. The van der Waals surface area contributed by atoms with E-state index in [0.29, 0.717) is 0 Å². The fourth-order valence-electron chi connectivity index (χ4n) is 1.91. The Labute approximate surface area is 129 Å². The van der Waals surface area contributed by atoms with Crippen LogP contribution in [0.1, 0.15) is 23.4 Å². The van der Waals surface area contributed by atoms with Gasteiger partial charge in [0, 0.05) is 10.9 Å². The Kier molecular flexibility index (Phi) is 5.39. The van der Waals surface area contributed by atoms with Gasteiger partial charge in [0.1, 0.15) is 5.82 Å². The molecule has 1 N–H and O–H groups in total. The Bertz CT molecular complexity index is 521. The third-order valence-corrected chi connectivity index (χ3v) is 5.40. The van der Waals surface area contributed by atoms with Gasteiger partial charge < -0.3 is 5.32 Å². The Morgan fingerprint density at radius 3 is 2.58 bits per heavy atom. The van der Waals surface area contributed by atoms with Gasteiger partial charge in [-0.25, -0.2) is 4.39 Å². The van der Waals surface area contributed by atoms with E-state index in [4.69, 9.17) is 11.6 Å². The summed E-state index contributed by atoms with van der Waals surface area (Å²) >= 11 is 11.2. The molecule has 1 nitrogen and oxygen atoms in total. The third kappa shape index (κ3) is 4.02. The summed E-state index contributed by atoms with van der Waals surface area (Å²) in [7, 11) is 0. The average molecular weight is 363 g/mol. The van der Waals surface area contributed by atoms with Crippen molar-refractivity contribution in [2.24, 2.45) is 0 Å². The van der Waals surface area contributed by atoms with Gasteiger partial charge in [0.15, 0.2) is 0 Å². The van der Waals surface area contributed by atoms with Gasteiger partial charge in [-0.05, 0) is 52.7 Å². The van der Waals surface area contributed by atoms with Crippen molar-refractivity contribution in [1.82, 2.24) is 5.32 Å². The maximum atomic E-state index is 12.9. The zero-order chi connectivity index (χ0) is 13.8. The fraction of sp³-hybridized carbons (Fsp3) is 0.286. The van der Waals surface area contributed by atoms with E-state index in [2.05, 4.69) is 28.2 Å². The smallest absolute Gasteiger partial charge is 0.123 e. The van der Waals surface area contributed by atoms with Crippen LogP contribution in [0.3, 0.4) is 0 Å². The molecule has 0 saturated heterocycles. The summed E-state index contributed by atoms with van der Waals surface area (Å²) in [6.07, 6.45) is 0.817. The van der Waals surface area contributed by atoms with Gasteiger partial charge in [0.25, 0.3) is 0 Å². The molecule has 2 aromatic rings. The lowest BCUT2D eigenvalue weighted by atomic mass is 10.0. The van der Waals surface area contributed by atoms with Crippen molar-refractivity contribution < 1.29 is 4.39 Å². The quantitative estimate of drug-likeness (QED) is 0.771. The van der Waals surface area contributed by atoms with E-state index in [1.54, 1.807) is 11.3 Å². The van der Waals surface area contributed by atoms with E-state index in [9.17, 15) is 4.39 Å². The van der Waals surface area contributed by atoms with Crippen LogP contribution in [0, 0.1) is 5.82 Å². The van der Waals surface area contributed by atoms with Gasteiger partial charge in [0.2, 0.25) is 0 Å². The van der Waals surface area contributed by atoms with Crippen molar-refractivity contribution in [3.8, 4) is 0 Å². The summed E-state index contributed by atoms with van der Waals surface area (Å²) in [5.41, 5.74) is 1.10. The summed E-state index contributed by atoms with van der Waals surface area (Å²) < 4.78 is 13.9. The molecule has 1 heterocycles. The second-order valence-corrected chi connectivity index (χ2v) is 7.02. The fourth-order valence-corrected chi connectivity index (χ4v) is 3.73. The van der Waals surface area contributed by atoms with Crippen LogP contribution in [0.2, 0.25) is 5.02 Å². The standard InChI is InChI=1S/C14H14BrClFNS/c1-2-18-12(13-8-11(16)14(15)19-13)7-9-3-5-10(17)6-4-9/h3-6,8,12,18H,2,7H2,1H3. The monoisotopic (exact) mass is 361 g/mol. The highest BCUT2D eigenvalue weighted by atomic mass is 79.9. The Morgan fingerprint density at radius 1 is 1.37 bits per heavy atom. The van der Waals surface area contributed by atoms with E-state index < -0.39 is 0 Å². The zero-order valence-electron chi connectivity index (χ0n) is 10.4. The van der Waals surface area contributed by atoms with Crippen molar-refractivity contribution in [2.75, 3.05) is 6.54 Å². The molecule has 0 saturated carbocycles. The van der Waals surface area contributed by atoms with Gasteiger partial charge >= 0.3 is 0 Å². The molecule has 1 unspecified atom stereocenters. The second kappa shape index (κ2) is 6.84. The molecule has 5 heteroatoms. The number of likely N-dealkylation sites (N-methyl/N-ethyl adjacent to an activating group) is 1. The molecular weight excluding hydrogens is 349 g/mol. The first-order valence-corrected chi connectivity index (χ1v) is 8.01. The van der Waals surface area contributed by atoms with Crippen LogP contribution in [0.25, 0.3) is 0 Å². The van der Waals surface area contributed by atoms with Crippen molar-refractivity contribution in [2.45, 2.75) is 19.4 Å². The van der Waals surface area contributed by atoms with E-state index in [-0.39, 0.29) is 11.9 Å². The number of nitrogens with one attached hydrogen (secondary N) is 1. The van der Waals surface area contributed by atoms with Crippen LogP contribution in [0.4, 0.5) is 4.39 Å². The third-order valence-electron chi connectivity index (χ3n) is 2.81. The second-order valence-electron chi connectivity index (χ2n) is 4.21. The molecule has 0 spiro atoms. The van der Waals surface area contributed by atoms with Crippen LogP contribution < -0.4 is 5.32 Å². The normalized spacial score (nSPS) is 12.6. The number of halogens is 3. The van der Waals surface area contributed by atoms with E-state index in [0.717, 1.165) is 27.3 Å². The molecule has 0 aliphatic rings. The molecule has 0 radical (unpaired) electrons. The lowest BCUT2D eigenvalue weighted by Crippen LogP contribution is -2.22. The highest BCUT2D eigenvalue weighted by molar-refractivity contribution is 9.11. The summed E-state index contributed by atoms with van der Waals surface area (Å²) in [6.45, 7) is 2.95. The molecule has 19 heavy (non-hydrogen) atoms. The largest absolute Gasteiger partial charge is 0.309 e. The minimum absolute atomic E-state index is 0.198. The van der Waals surface area contributed by atoms with E-state index in [1.807, 2.05) is 18.2 Å². The van der Waals surface area contributed by atoms with Crippen LogP contribution >= 0.6 is 38.9 Å². The van der Waals surface area contributed by atoms with Gasteiger partial charge in [-0.15, -0.1) is 11.3 Å². The molecule has 1 aromatic carbocycles. The zero-order valence-corrected chi connectivity index (χ0v) is 13.6. The molecule has 102 valence electrons. The summed E-state index contributed by atoms with van der Waals surface area (Å²) in [6, 6.07) is 8.82. The minimum atomic E-state index is -0.203. The van der Waals surface area contributed by atoms with Crippen molar-refractivity contribution in [3.05, 3.63) is 55.4 Å². The van der Waals surface area contributed by atoms with Crippen LogP contribution in [-0.4, -0.2) is 6.54 Å². The van der Waals surface area contributed by atoms with E-state index >= 15 is 0 Å². The Hall–Kier alpha value is -0.420. The maximum Gasteiger partial charge on any atom is 0.123 e. The first kappa shape index (κ1) is 15.0. The minimum Gasteiger partial charge on any atom is -0.309 e. The molecule has 1 aromatic heterocycles. The molecule has 0 aliphatic heterocycles. The van der Waals surface area contributed by atoms with Crippen LogP contribution in [-0.2, 0) is 6.42 Å². The van der Waals surface area contributed by atoms with Crippen molar-refractivity contribution in [1.29, 1.82) is 0 Å². The lowest BCUT2D eigenvalue weighted by molar-refractivity contribution is 0.557. The van der Waals surface area contributed by atoms with Gasteiger partial charge in [-0.1, -0.05) is 30.7 Å². The number of benzene rings is 1. The molecule has 0 aliphatic carbocycles. The Balaban J connectivity index is 2.18. The first-order valence-electron chi connectivity index (χ1n) is 6.02. The summed E-state index contributed by atoms with van der Waals surface area (Å²) in [4.78, 5) is 1.18. The molecule has 0 bridgehead atoms. The molecular formula is C14H14BrClFNS. The summed E-state index contributed by atoms with van der Waals surface area (Å²) in [5.74, 6) is -0.203. The molecule has 0 fully saturated rings. The predicted molar refractivity (Wildman–Crippen MR) is 83.6 cm³/mol. The van der Waals surface area contributed by atoms with Gasteiger partial charge in [0.05, 0.1) is 8.81 Å². The highest BCUT2D eigenvalue weighted by Gasteiger charge is 2.15. The van der Waals surface area contributed by atoms with E-state index in [1.165, 1.54) is 17.0 Å². The number of hydrogen-bond donors (Lipinski definition) is 1. The van der Waals surface area contributed by atoms with Crippen molar-refractivity contribution in [3.63, 3.8) is 0 Å². The molecule has 2 rings (SSSR count). The topological polar surface area (TPSA) is 12.0 Å². The SMILES string of the molecule is CCNC(Cc1ccc(F)cc1)c1cc(Cl)c(Br)s1. The first-order chi connectivity index (χ1) is 9.10. The predicted octanol–water partition coefficient (Wildman–Crippen LogP) is 5.20. The van der Waals surface area contributed by atoms with Gasteiger partial charge in [-0.2, -0.15) is 0 Å². The van der Waals surface area contributed by atoms with Gasteiger partial charge in [-0.3, -0.25) is 0 Å². The number of rotatable bonds is 5. The van der Waals surface area contributed by atoms with Crippen LogP contribution in [0.5, 0.6) is 0 Å². The highest BCUT2D eigenvalue weighted by Crippen LogP contribution is 2.36. The Morgan fingerprint density at radius 2 is 2.05 bits per heavy atom. The average Bonchev–Trinajstić information content (AvgIpc) is 2.72. The van der Waals surface area contributed by atoms with Crippen molar-refractivity contribution >= 4 is 38.9 Å². The summed E-state index contributed by atoms with van der Waals surface area (Å²) in [5, 5.41) is 4.18. The number of hydrogen-bond acceptors (Lipinski definition) is 2.